The van der Waals surface area contributed by atoms with Crippen molar-refractivity contribution in [3.8, 4) is 5.75 Å². The predicted molar refractivity (Wildman–Crippen MR) is 138 cm³/mol. The van der Waals surface area contributed by atoms with E-state index in [1.54, 1.807) is 12.0 Å². The van der Waals surface area contributed by atoms with Crippen LogP contribution in [0.1, 0.15) is 35.5 Å². The zero-order valence-electron chi connectivity index (χ0n) is 20.2. The molecule has 1 aromatic heterocycles. The molecule has 5 rings (SSSR count). The van der Waals surface area contributed by atoms with Crippen LogP contribution in [0, 0.1) is 0 Å². The molecule has 1 aliphatic heterocycles. The van der Waals surface area contributed by atoms with Gasteiger partial charge >= 0.3 is 0 Å². The van der Waals surface area contributed by atoms with E-state index in [0.717, 1.165) is 34.1 Å². The number of rotatable bonds is 6. The minimum absolute atomic E-state index is 0.178. The van der Waals surface area contributed by atoms with E-state index in [-0.39, 0.29) is 11.8 Å². The van der Waals surface area contributed by atoms with Crippen molar-refractivity contribution in [2.45, 2.75) is 38.9 Å². The molecular weight excluding hydrogens is 438 g/mol. The molecule has 4 aromatic rings. The highest BCUT2D eigenvalue weighted by Crippen LogP contribution is 2.37. The third kappa shape index (κ3) is 3.75. The smallest absolute Gasteiger partial charge is 0.275 e. The Morgan fingerprint density at radius 1 is 1.00 bits per heavy atom. The summed E-state index contributed by atoms with van der Waals surface area (Å²) in [4.78, 5) is 29.7. The maximum absolute atomic E-state index is 14.1. The average molecular weight is 468 g/mol. The van der Waals surface area contributed by atoms with Gasteiger partial charge in [-0.2, -0.15) is 0 Å². The van der Waals surface area contributed by atoms with E-state index in [1.807, 2.05) is 90.4 Å². The summed E-state index contributed by atoms with van der Waals surface area (Å²) in [6.07, 6.45) is 0.752. The van der Waals surface area contributed by atoms with E-state index in [4.69, 9.17) is 4.74 Å². The van der Waals surface area contributed by atoms with Crippen LogP contribution in [-0.4, -0.2) is 29.0 Å². The molecule has 178 valence electrons. The van der Waals surface area contributed by atoms with E-state index in [1.165, 1.54) is 0 Å². The molecule has 0 fully saturated rings. The number of anilines is 1. The second kappa shape index (κ2) is 8.95. The molecule has 0 saturated heterocycles. The molecule has 0 aliphatic carbocycles. The van der Waals surface area contributed by atoms with Gasteiger partial charge in [0.2, 0.25) is 5.91 Å². The van der Waals surface area contributed by atoms with Crippen molar-refractivity contribution in [1.82, 2.24) is 9.88 Å². The molecular formula is C29H29N3O3. The zero-order valence-corrected chi connectivity index (χ0v) is 20.2. The fraction of sp³-hybridized carbons (Fsp3) is 0.241. The number of carbonyl (C=O) groups is 2. The Morgan fingerprint density at radius 2 is 1.69 bits per heavy atom. The summed E-state index contributed by atoms with van der Waals surface area (Å²) in [6.45, 7) is 4.56. The van der Waals surface area contributed by atoms with Gasteiger partial charge in [0.1, 0.15) is 17.0 Å². The molecule has 0 saturated carbocycles. The number of amides is 2. The molecule has 0 unspecified atom stereocenters. The number of nitrogens with zero attached hydrogens (tertiary/aromatic N) is 2. The minimum Gasteiger partial charge on any atom is -0.496 e. The highest BCUT2D eigenvalue weighted by atomic mass is 16.5. The maximum atomic E-state index is 14.1. The van der Waals surface area contributed by atoms with E-state index >= 15 is 0 Å². The van der Waals surface area contributed by atoms with Gasteiger partial charge in [-0.25, -0.2) is 0 Å². The maximum Gasteiger partial charge on any atom is 0.275 e. The number of nitrogens with one attached hydrogen (secondary N) is 1. The quantitative estimate of drug-likeness (QED) is 0.437. The third-order valence-corrected chi connectivity index (χ3v) is 6.93. The van der Waals surface area contributed by atoms with Gasteiger partial charge in [0.15, 0.2) is 0 Å². The van der Waals surface area contributed by atoms with Gasteiger partial charge in [0, 0.05) is 28.7 Å². The molecule has 2 amide bonds. The van der Waals surface area contributed by atoms with Crippen molar-refractivity contribution < 1.29 is 14.3 Å². The molecule has 2 heterocycles. The number of ether oxygens (including phenoxy) is 1. The monoisotopic (exact) mass is 467 g/mol. The number of carbonyl (C=O) groups excluding carboxylic acids is 2. The molecule has 0 spiro atoms. The molecule has 35 heavy (non-hydrogen) atoms. The lowest BCUT2D eigenvalue weighted by atomic mass is 9.92. The van der Waals surface area contributed by atoms with E-state index in [2.05, 4.69) is 12.2 Å². The molecule has 1 N–H and O–H groups in total. The van der Waals surface area contributed by atoms with Crippen LogP contribution in [0.5, 0.6) is 5.75 Å². The van der Waals surface area contributed by atoms with Gasteiger partial charge in [0.05, 0.1) is 13.7 Å². The minimum atomic E-state index is -1.14. The molecule has 6 nitrogen and oxygen atoms in total. The number of para-hydroxylation sites is 3. The van der Waals surface area contributed by atoms with Crippen molar-refractivity contribution in [2.24, 2.45) is 0 Å². The number of aryl methyl sites for hydroxylation is 1. The first kappa shape index (κ1) is 22.7. The topological polar surface area (TPSA) is 63.6 Å². The second-order valence-electron chi connectivity index (χ2n) is 9.07. The van der Waals surface area contributed by atoms with Crippen LogP contribution in [0.15, 0.2) is 78.9 Å². The zero-order chi connectivity index (χ0) is 24.6. The molecule has 3 aromatic carbocycles. The lowest BCUT2D eigenvalue weighted by molar-refractivity contribution is -0.126. The summed E-state index contributed by atoms with van der Waals surface area (Å²) in [5, 5.41) is 4.07. The predicted octanol–water partition coefficient (Wildman–Crippen LogP) is 4.95. The normalized spacial score (nSPS) is 17.3. The molecule has 1 aliphatic rings. The van der Waals surface area contributed by atoms with Gasteiger partial charge in [-0.1, -0.05) is 61.5 Å². The van der Waals surface area contributed by atoms with Crippen LogP contribution in [0.2, 0.25) is 0 Å². The van der Waals surface area contributed by atoms with Gasteiger partial charge in [-0.15, -0.1) is 0 Å². The summed E-state index contributed by atoms with van der Waals surface area (Å²) in [5.41, 5.74) is 3.07. The van der Waals surface area contributed by atoms with Crippen LogP contribution >= 0.6 is 0 Å². The lowest BCUT2D eigenvalue weighted by Gasteiger charge is -2.44. The van der Waals surface area contributed by atoms with Crippen molar-refractivity contribution in [2.75, 3.05) is 12.0 Å². The van der Waals surface area contributed by atoms with E-state index in [9.17, 15) is 9.59 Å². The molecule has 1 atom stereocenters. The average Bonchev–Trinajstić information content (AvgIpc) is 3.26. The van der Waals surface area contributed by atoms with Crippen molar-refractivity contribution in [1.29, 1.82) is 0 Å². The van der Waals surface area contributed by atoms with Crippen LogP contribution in [-0.2, 0) is 24.3 Å². The summed E-state index contributed by atoms with van der Waals surface area (Å²) in [6, 6.07) is 25.3. The number of hydrogen-bond donors (Lipinski definition) is 1. The van der Waals surface area contributed by atoms with Crippen LogP contribution < -0.4 is 15.0 Å². The van der Waals surface area contributed by atoms with Crippen LogP contribution in [0.25, 0.3) is 10.9 Å². The highest BCUT2D eigenvalue weighted by molar-refractivity contribution is 6.14. The molecule has 0 bridgehead atoms. The Labute approximate surface area is 205 Å². The number of methoxy groups -OCH3 is 1. The van der Waals surface area contributed by atoms with Gasteiger partial charge in [-0.05, 0) is 43.2 Å². The molecule has 6 heteroatoms. The Morgan fingerprint density at radius 3 is 2.46 bits per heavy atom. The highest BCUT2D eigenvalue weighted by Gasteiger charge is 2.49. The summed E-state index contributed by atoms with van der Waals surface area (Å²) >= 11 is 0. The number of hydrogen-bond acceptors (Lipinski definition) is 3. The standard InChI is InChI=1S/C29H29N3O3/c1-4-20-11-5-9-15-24(20)32-27(33)25-17-21-12-6-8-14-23(21)31(25)19-29(32,2)28(34)30-18-22-13-7-10-16-26(22)35-3/h5-17H,4,18-19H2,1-3H3,(H,30,34)/t29-/m1/s1. The fourth-order valence-electron chi connectivity index (χ4n) is 5.07. The number of aromatic nitrogens is 1. The Hall–Kier alpha value is -4.06. The van der Waals surface area contributed by atoms with Gasteiger partial charge in [0.25, 0.3) is 5.91 Å². The fourth-order valence-corrected chi connectivity index (χ4v) is 5.07. The summed E-state index contributed by atoms with van der Waals surface area (Å²) in [5.74, 6) is 0.318. The van der Waals surface area contributed by atoms with Crippen molar-refractivity contribution >= 4 is 28.4 Å². The van der Waals surface area contributed by atoms with Gasteiger partial charge in [-0.3, -0.25) is 14.5 Å². The van der Waals surface area contributed by atoms with E-state index in [0.29, 0.717) is 24.5 Å². The van der Waals surface area contributed by atoms with Crippen LogP contribution in [0.3, 0.4) is 0 Å². The first-order chi connectivity index (χ1) is 17.0. The van der Waals surface area contributed by atoms with E-state index < -0.39 is 5.54 Å². The summed E-state index contributed by atoms with van der Waals surface area (Å²) in [7, 11) is 1.61. The largest absolute Gasteiger partial charge is 0.496 e. The third-order valence-electron chi connectivity index (χ3n) is 6.93. The first-order valence-corrected chi connectivity index (χ1v) is 11.9. The Balaban J connectivity index is 1.60. The van der Waals surface area contributed by atoms with Crippen molar-refractivity contribution in [3.05, 3.63) is 95.7 Å². The lowest BCUT2D eigenvalue weighted by Crippen LogP contribution is -2.64. The molecule has 0 radical (unpaired) electrons. The number of benzene rings is 3. The Bertz CT molecular complexity index is 1420. The SMILES string of the molecule is CCc1ccccc1N1C(=O)c2cc3ccccc3n2C[C@]1(C)C(=O)NCc1ccccc1OC. The first-order valence-electron chi connectivity index (χ1n) is 11.9. The Kier molecular flexibility index (Phi) is 5.81. The van der Waals surface area contributed by atoms with Gasteiger partial charge < -0.3 is 14.6 Å². The number of fused-ring (bicyclic) bond motifs is 3. The van der Waals surface area contributed by atoms with Crippen molar-refractivity contribution in [3.63, 3.8) is 0 Å². The summed E-state index contributed by atoms with van der Waals surface area (Å²) < 4.78 is 7.43. The second-order valence-corrected chi connectivity index (χ2v) is 9.07. The van der Waals surface area contributed by atoms with Crippen LogP contribution in [0.4, 0.5) is 5.69 Å².